The van der Waals surface area contributed by atoms with E-state index >= 15 is 0 Å². The summed E-state index contributed by atoms with van der Waals surface area (Å²) in [5, 5.41) is 3.69. The first-order valence-electron chi connectivity index (χ1n) is 7.89. The molecule has 3 nitrogen and oxygen atoms in total. The highest BCUT2D eigenvalue weighted by atomic mass is 16.5. The van der Waals surface area contributed by atoms with Gasteiger partial charge in [0.05, 0.1) is 6.61 Å². The highest BCUT2D eigenvalue weighted by molar-refractivity contribution is 5.20. The maximum atomic E-state index is 5.84. The van der Waals surface area contributed by atoms with Crippen LogP contribution in [0.5, 0.6) is 5.75 Å². The Kier molecular flexibility index (Phi) is 6.89. The van der Waals surface area contributed by atoms with Crippen LogP contribution in [0.15, 0.2) is 30.3 Å². The van der Waals surface area contributed by atoms with Gasteiger partial charge in [0.25, 0.3) is 0 Å². The molecular weight excluding hydrogens is 250 g/mol. The predicted molar refractivity (Wildman–Crippen MR) is 82.2 cm³/mol. The molecule has 0 aliphatic carbocycles. The molecule has 1 atom stereocenters. The fourth-order valence-electron chi connectivity index (χ4n) is 2.77. The quantitative estimate of drug-likeness (QED) is 0.791. The number of para-hydroxylation sites is 1. The number of benzene rings is 1. The van der Waals surface area contributed by atoms with E-state index in [0.717, 1.165) is 44.5 Å². The molecule has 1 fully saturated rings. The Hall–Kier alpha value is -1.06. The van der Waals surface area contributed by atoms with Crippen molar-refractivity contribution in [1.82, 2.24) is 5.32 Å². The Labute approximate surface area is 122 Å². The van der Waals surface area contributed by atoms with Gasteiger partial charge in [-0.15, -0.1) is 0 Å². The third-order valence-corrected chi connectivity index (χ3v) is 3.93. The molecule has 0 bridgehead atoms. The summed E-state index contributed by atoms with van der Waals surface area (Å²) in [6.45, 7) is 5.91. The SMILES string of the molecule is CCCNC(CCOc1ccccc1)C1CCOCC1. The first kappa shape index (κ1) is 15.3. The molecule has 0 radical (unpaired) electrons. The third kappa shape index (κ3) is 5.14. The van der Waals surface area contributed by atoms with Crippen molar-refractivity contribution in [2.45, 2.75) is 38.6 Å². The largest absolute Gasteiger partial charge is 0.494 e. The molecule has 1 aromatic rings. The van der Waals surface area contributed by atoms with Crippen molar-refractivity contribution in [3.8, 4) is 5.75 Å². The third-order valence-electron chi connectivity index (χ3n) is 3.93. The van der Waals surface area contributed by atoms with Crippen LogP contribution in [0.3, 0.4) is 0 Å². The van der Waals surface area contributed by atoms with Crippen LogP contribution in [-0.4, -0.2) is 32.4 Å². The van der Waals surface area contributed by atoms with Crippen molar-refractivity contribution >= 4 is 0 Å². The average molecular weight is 277 g/mol. The topological polar surface area (TPSA) is 30.5 Å². The summed E-state index contributed by atoms with van der Waals surface area (Å²) in [6.07, 6.45) is 4.60. The number of ether oxygens (including phenoxy) is 2. The first-order valence-corrected chi connectivity index (χ1v) is 7.89. The first-order chi connectivity index (χ1) is 9.90. The zero-order chi connectivity index (χ0) is 14.0. The van der Waals surface area contributed by atoms with Gasteiger partial charge in [-0.05, 0) is 50.3 Å². The van der Waals surface area contributed by atoms with Crippen LogP contribution in [0, 0.1) is 5.92 Å². The minimum atomic E-state index is 0.558. The Balaban J connectivity index is 1.77. The Morgan fingerprint density at radius 1 is 1.25 bits per heavy atom. The fraction of sp³-hybridized carbons (Fsp3) is 0.647. The van der Waals surface area contributed by atoms with Gasteiger partial charge in [0.2, 0.25) is 0 Å². The zero-order valence-corrected chi connectivity index (χ0v) is 12.5. The standard InChI is InChI=1S/C17H27NO2/c1-2-11-18-17(15-8-12-19-13-9-15)10-14-20-16-6-4-3-5-7-16/h3-7,15,17-18H,2,8-14H2,1H3. The molecule has 112 valence electrons. The highest BCUT2D eigenvalue weighted by Crippen LogP contribution is 2.21. The molecule has 1 N–H and O–H groups in total. The van der Waals surface area contributed by atoms with Crippen LogP contribution in [0.25, 0.3) is 0 Å². The predicted octanol–water partition coefficient (Wildman–Crippen LogP) is 3.25. The van der Waals surface area contributed by atoms with E-state index < -0.39 is 0 Å². The summed E-state index contributed by atoms with van der Waals surface area (Å²) in [6, 6.07) is 10.6. The van der Waals surface area contributed by atoms with E-state index in [9.17, 15) is 0 Å². The monoisotopic (exact) mass is 277 g/mol. The maximum absolute atomic E-state index is 5.84. The van der Waals surface area contributed by atoms with Gasteiger partial charge in [-0.25, -0.2) is 0 Å². The van der Waals surface area contributed by atoms with E-state index in [1.807, 2.05) is 30.3 Å². The molecule has 0 aromatic heterocycles. The Bertz CT molecular complexity index is 349. The van der Waals surface area contributed by atoms with Crippen LogP contribution >= 0.6 is 0 Å². The lowest BCUT2D eigenvalue weighted by atomic mass is 9.90. The lowest BCUT2D eigenvalue weighted by molar-refractivity contribution is 0.0505. The molecule has 1 unspecified atom stereocenters. The Morgan fingerprint density at radius 3 is 2.70 bits per heavy atom. The van der Waals surface area contributed by atoms with Crippen molar-refractivity contribution in [2.24, 2.45) is 5.92 Å². The summed E-state index contributed by atoms with van der Waals surface area (Å²) in [4.78, 5) is 0. The van der Waals surface area contributed by atoms with Gasteiger partial charge in [-0.2, -0.15) is 0 Å². The molecule has 1 aliphatic rings. The van der Waals surface area contributed by atoms with Crippen molar-refractivity contribution in [2.75, 3.05) is 26.4 Å². The van der Waals surface area contributed by atoms with Gasteiger partial charge in [0, 0.05) is 19.3 Å². The minimum Gasteiger partial charge on any atom is -0.494 e. The molecule has 3 heteroatoms. The van der Waals surface area contributed by atoms with Crippen molar-refractivity contribution in [1.29, 1.82) is 0 Å². The summed E-state index contributed by atoms with van der Waals surface area (Å²) in [5.41, 5.74) is 0. The van der Waals surface area contributed by atoms with Crippen LogP contribution in [0.1, 0.15) is 32.6 Å². The lowest BCUT2D eigenvalue weighted by Gasteiger charge is -2.31. The van der Waals surface area contributed by atoms with Gasteiger partial charge in [0.15, 0.2) is 0 Å². The average Bonchev–Trinajstić information content (AvgIpc) is 2.52. The van der Waals surface area contributed by atoms with Gasteiger partial charge in [-0.3, -0.25) is 0 Å². The summed E-state index contributed by atoms with van der Waals surface area (Å²) in [5.74, 6) is 1.70. The molecular formula is C17H27NO2. The van der Waals surface area contributed by atoms with Gasteiger partial charge >= 0.3 is 0 Å². The highest BCUT2D eigenvalue weighted by Gasteiger charge is 2.23. The lowest BCUT2D eigenvalue weighted by Crippen LogP contribution is -2.40. The van der Waals surface area contributed by atoms with Crippen molar-refractivity contribution in [3.05, 3.63) is 30.3 Å². The molecule has 1 aromatic carbocycles. The van der Waals surface area contributed by atoms with Crippen LogP contribution in [0.2, 0.25) is 0 Å². The van der Waals surface area contributed by atoms with Crippen molar-refractivity contribution in [3.63, 3.8) is 0 Å². The molecule has 0 saturated carbocycles. The van der Waals surface area contributed by atoms with Crippen LogP contribution in [-0.2, 0) is 4.74 Å². The summed E-state index contributed by atoms with van der Waals surface area (Å²) in [7, 11) is 0. The van der Waals surface area contributed by atoms with Crippen molar-refractivity contribution < 1.29 is 9.47 Å². The summed E-state index contributed by atoms with van der Waals surface area (Å²) < 4.78 is 11.3. The second-order valence-electron chi connectivity index (χ2n) is 5.46. The van der Waals surface area contributed by atoms with E-state index in [1.54, 1.807) is 0 Å². The normalized spacial score (nSPS) is 17.9. The van der Waals surface area contributed by atoms with E-state index in [0.29, 0.717) is 6.04 Å². The number of hydrogen-bond acceptors (Lipinski definition) is 3. The molecule has 20 heavy (non-hydrogen) atoms. The van der Waals surface area contributed by atoms with Crippen LogP contribution < -0.4 is 10.1 Å². The zero-order valence-electron chi connectivity index (χ0n) is 12.5. The number of nitrogens with one attached hydrogen (secondary N) is 1. The number of hydrogen-bond donors (Lipinski definition) is 1. The maximum Gasteiger partial charge on any atom is 0.119 e. The molecule has 0 spiro atoms. The number of rotatable bonds is 8. The molecule has 2 rings (SSSR count). The molecule has 1 saturated heterocycles. The van der Waals surface area contributed by atoms with Crippen LogP contribution in [0.4, 0.5) is 0 Å². The second kappa shape index (κ2) is 8.98. The van der Waals surface area contributed by atoms with Gasteiger partial charge in [-0.1, -0.05) is 25.1 Å². The minimum absolute atomic E-state index is 0.558. The molecule has 0 amide bonds. The Morgan fingerprint density at radius 2 is 2.00 bits per heavy atom. The smallest absolute Gasteiger partial charge is 0.119 e. The second-order valence-corrected chi connectivity index (χ2v) is 5.46. The van der Waals surface area contributed by atoms with E-state index in [4.69, 9.17) is 9.47 Å². The van der Waals surface area contributed by atoms with E-state index in [2.05, 4.69) is 12.2 Å². The van der Waals surface area contributed by atoms with Gasteiger partial charge in [0.1, 0.15) is 5.75 Å². The van der Waals surface area contributed by atoms with E-state index in [1.165, 1.54) is 19.3 Å². The fourth-order valence-corrected chi connectivity index (χ4v) is 2.77. The van der Waals surface area contributed by atoms with E-state index in [-0.39, 0.29) is 0 Å². The molecule has 1 aliphatic heterocycles. The van der Waals surface area contributed by atoms with Gasteiger partial charge < -0.3 is 14.8 Å². The summed E-state index contributed by atoms with van der Waals surface area (Å²) >= 11 is 0. The molecule has 1 heterocycles.